The number of ether oxygens (including phenoxy) is 2. The molecule has 0 radical (unpaired) electrons. The number of phenolic OH excluding ortho intramolecular Hbond substituents is 1. The molecule has 1 atom stereocenters. The van der Waals surface area contributed by atoms with E-state index in [4.69, 9.17) is 13.9 Å². The summed E-state index contributed by atoms with van der Waals surface area (Å²) in [5, 5.41) is 11.4. The van der Waals surface area contributed by atoms with Crippen molar-refractivity contribution in [2.75, 3.05) is 26.8 Å². The highest BCUT2D eigenvalue weighted by Crippen LogP contribution is 2.35. The van der Waals surface area contributed by atoms with Gasteiger partial charge in [-0.3, -0.25) is 9.69 Å². The number of hydrogen-bond donors (Lipinski definition) is 1. The average molecular weight is 443 g/mol. The first-order valence-corrected chi connectivity index (χ1v) is 10.9. The molecule has 0 unspecified atom stereocenters. The summed E-state index contributed by atoms with van der Waals surface area (Å²) >= 11 is 0. The normalized spacial score (nSPS) is 16.7. The zero-order valence-electron chi connectivity index (χ0n) is 18.4. The highest BCUT2D eigenvalue weighted by atomic mass is 16.5. The van der Waals surface area contributed by atoms with Crippen LogP contribution in [-0.4, -0.2) is 42.6 Å². The van der Waals surface area contributed by atoms with E-state index in [2.05, 4.69) is 17.0 Å². The van der Waals surface area contributed by atoms with Gasteiger partial charge in [0, 0.05) is 36.1 Å². The first kappa shape index (κ1) is 21.2. The summed E-state index contributed by atoms with van der Waals surface area (Å²) in [6.45, 7) is 2.51. The second-order valence-electron chi connectivity index (χ2n) is 8.15. The summed E-state index contributed by atoms with van der Waals surface area (Å²) in [6.07, 6.45) is 1.44. The van der Waals surface area contributed by atoms with Gasteiger partial charge in [0.15, 0.2) is 5.78 Å². The summed E-state index contributed by atoms with van der Waals surface area (Å²) in [4.78, 5) is 15.5. The molecule has 5 rings (SSSR count). The number of phenols is 1. The Bertz CT molecular complexity index is 1260. The lowest BCUT2D eigenvalue weighted by Gasteiger charge is -2.33. The van der Waals surface area contributed by atoms with E-state index in [9.17, 15) is 9.90 Å². The zero-order valence-corrected chi connectivity index (χ0v) is 18.4. The van der Waals surface area contributed by atoms with E-state index in [1.165, 1.54) is 6.26 Å². The largest absolute Gasteiger partial charge is 0.508 e. The molecule has 1 aliphatic rings. The molecule has 1 aromatic heterocycles. The molecular formula is C27H25NO5. The van der Waals surface area contributed by atoms with Crippen molar-refractivity contribution in [3.05, 3.63) is 95.2 Å². The van der Waals surface area contributed by atoms with Gasteiger partial charge in [-0.2, -0.15) is 0 Å². The summed E-state index contributed by atoms with van der Waals surface area (Å²) in [5.41, 5.74) is 3.36. The third kappa shape index (κ3) is 4.23. The van der Waals surface area contributed by atoms with Crippen LogP contribution in [-0.2, 0) is 11.3 Å². The van der Waals surface area contributed by atoms with Gasteiger partial charge in [-0.05, 0) is 42.0 Å². The zero-order chi connectivity index (χ0) is 22.8. The van der Waals surface area contributed by atoms with Gasteiger partial charge in [-0.1, -0.05) is 30.3 Å². The molecule has 0 bridgehead atoms. The first-order chi connectivity index (χ1) is 16.1. The maximum atomic E-state index is 13.3. The van der Waals surface area contributed by atoms with Gasteiger partial charge < -0.3 is 19.0 Å². The minimum absolute atomic E-state index is 0.0361. The molecule has 1 N–H and O–H groups in total. The Morgan fingerprint density at radius 2 is 1.88 bits per heavy atom. The number of fused-ring (bicyclic) bond motifs is 1. The lowest BCUT2D eigenvalue weighted by molar-refractivity contribution is -0.0329. The molecule has 1 saturated heterocycles. The van der Waals surface area contributed by atoms with Crippen LogP contribution in [0.2, 0.25) is 0 Å². The quantitative estimate of drug-likeness (QED) is 0.425. The summed E-state index contributed by atoms with van der Waals surface area (Å²) in [5.74, 6) is 0.671. The molecule has 168 valence electrons. The second kappa shape index (κ2) is 9.10. The van der Waals surface area contributed by atoms with Gasteiger partial charge in [0.05, 0.1) is 25.4 Å². The molecule has 4 aromatic rings. The number of nitrogens with zero attached hydrogens (tertiary/aromatic N) is 1. The molecule has 6 heteroatoms. The number of methoxy groups -OCH3 is 1. The van der Waals surface area contributed by atoms with E-state index in [1.54, 1.807) is 43.5 Å². The number of morpholine rings is 1. The van der Waals surface area contributed by atoms with Crippen LogP contribution in [0.25, 0.3) is 11.0 Å². The standard InChI is InChI=1S/C27H25NO5/c1-31-20-9-7-19(8-10-20)27(30)22-17-33-24-12-11-23(29)21(26(22)24)15-28-13-14-32-25(16-28)18-5-3-2-4-6-18/h2-12,17,25,29H,13-16H2,1H3/t25-/m0/s1. The van der Waals surface area contributed by atoms with Crippen LogP contribution in [0.3, 0.4) is 0 Å². The fourth-order valence-corrected chi connectivity index (χ4v) is 4.35. The van der Waals surface area contributed by atoms with Crippen molar-refractivity contribution < 1.29 is 23.8 Å². The Hall–Kier alpha value is -3.61. The Morgan fingerprint density at radius 3 is 2.64 bits per heavy atom. The molecule has 3 aromatic carbocycles. The smallest absolute Gasteiger partial charge is 0.196 e. The van der Waals surface area contributed by atoms with Gasteiger partial charge in [-0.25, -0.2) is 0 Å². The highest BCUT2D eigenvalue weighted by Gasteiger charge is 2.26. The highest BCUT2D eigenvalue weighted by molar-refractivity contribution is 6.16. The first-order valence-electron chi connectivity index (χ1n) is 10.9. The topological polar surface area (TPSA) is 72.1 Å². The van der Waals surface area contributed by atoms with E-state index in [0.717, 1.165) is 12.1 Å². The van der Waals surface area contributed by atoms with Gasteiger partial charge in [0.2, 0.25) is 0 Å². The predicted molar refractivity (Wildman–Crippen MR) is 125 cm³/mol. The van der Waals surface area contributed by atoms with Crippen molar-refractivity contribution in [2.45, 2.75) is 12.6 Å². The van der Waals surface area contributed by atoms with E-state index < -0.39 is 0 Å². The minimum atomic E-state index is -0.160. The van der Waals surface area contributed by atoms with Crippen LogP contribution in [0, 0.1) is 0 Å². The van der Waals surface area contributed by atoms with Gasteiger partial charge in [0.25, 0.3) is 0 Å². The number of carbonyl (C=O) groups is 1. The van der Waals surface area contributed by atoms with E-state index in [0.29, 0.717) is 53.1 Å². The van der Waals surface area contributed by atoms with Crippen LogP contribution in [0.15, 0.2) is 77.4 Å². The third-order valence-corrected chi connectivity index (χ3v) is 6.12. The predicted octanol–water partition coefficient (Wildman–Crippen LogP) is 4.95. The molecule has 6 nitrogen and oxygen atoms in total. The molecular weight excluding hydrogens is 418 g/mol. The number of ketones is 1. The van der Waals surface area contributed by atoms with Gasteiger partial charge in [-0.15, -0.1) is 0 Å². The third-order valence-electron chi connectivity index (χ3n) is 6.12. The second-order valence-corrected chi connectivity index (χ2v) is 8.15. The van der Waals surface area contributed by atoms with Crippen LogP contribution >= 0.6 is 0 Å². The Labute approximate surface area is 192 Å². The van der Waals surface area contributed by atoms with Crippen LogP contribution in [0.4, 0.5) is 0 Å². The van der Waals surface area contributed by atoms with Gasteiger partial charge >= 0.3 is 0 Å². The molecule has 0 saturated carbocycles. The van der Waals surface area contributed by atoms with E-state index in [1.807, 2.05) is 18.2 Å². The lowest BCUT2D eigenvalue weighted by atomic mass is 9.98. The van der Waals surface area contributed by atoms with Crippen molar-refractivity contribution in [1.82, 2.24) is 4.90 Å². The van der Waals surface area contributed by atoms with Crippen LogP contribution in [0.5, 0.6) is 11.5 Å². The molecule has 0 spiro atoms. The number of hydrogen-bond acceptors (Lipinski definition) is 6. The monoisotopic (exact) mass is 443 g/mol. The summed E-state index contributed by atoms with van der Waals surface area (Å²) < 4.78 is 16.9. The maximum Gasteiger partial charge on any atom is 0.196 e. The number of carbonyl (C=O) groups excluding carboxylic acids is 1. The van der Waals surface area contributed by atoms with Crippen molar-refractivity contribution in [3.63, 3.8) is 0 Å². The molecule has 1 fully saturated rings. The lowest BCUT2D eigenvalue weighted by Crippen LogP contribution is -2.37. The van der Waals surface area contributed by atoms with Gasteiger partial charge in [0.1, 0.15) is 23.3 Å². The fraction of sp³-hybridized carbons (Fsp3) is 0.222. The molecule has 0 amide bonds. The van der Waals surface area contributed by atoms with E-state index in [-0.39, 0.29) is 17.6 Å². The molecule has 0 aliphatic carbocycles. The van der Waals surface area contributed by atoms with Crippen LogP contribution < -0.4 is 4.74 Å². The minimum Gasteiger partial charge on any atom is -0.508 e. The SMILES string of the molecule is COc1ccc(C(=O)c2coc3ccc(O)c(CN4CCO[C@H](c5ccccc5)C4)c23)cc1. The number of furan rings is 1. The Balaban J connectivity index is 1.46. The number of benzene rings is 3. The summed E-state index contributed by atoms with van der Waals surface area (Å²) in [6, 6.07) is 20.4. The van der Waals surface area contributed by atoms with Crippen molar-refractivity contribution >= 4 is 16.8 Å². The average Bonchev–Trinajstić information content (AvgIpc) is 3.30. The Kier molecular flexibility index (Phi) is 5.86. The Morgan fingerprint density at radius 1 is 1.09 bits per heavy atom. The molecule has 33 heavy (non-hydrogen) atoms. The van der Waals surface area contributed by atoms with Crippen molar-refractivity contribution in [1.29, 1.82) is 0 Å². The maximum absolute atomic E-state index is 13.3. The fourth-order valence-electron chi connectivity index (χ4n) is 4.35. The van der Waals surface area contributed by atoms with Crippen molar-refractivity contribution in [2.24, 2.45) is 0 Å². The molecule has 1 aliphatic heterocycles. The molecule has 2 heterocycles. The van der Waals surface area contributed by atoms with Crippen LogP contribution in [0.1, 0.15) is 33.2 Å². The number of aromatic hydroxyl groups is 1. The number of rotatable bonds is 6. The summed E-state index contributed by atoms with van der Waals surface area (Å²) in [7, 11) is 1.59. The van der Waals surface area contributed by atoms with Crippen molar-refractivity contribution in [3.8, 4) is 11.5 Å². The van der Waals surface area contributed by atoms with E-state index >= 15 is 0 Å².